The van der Waals surface area contributed by atoms with Crippen molar-refractivity contribution < 1.29 is 0 Å². The Labute approximate surface area is 121 Å². The maximum atomic E-state index is 4.72. The molecular formula is C17H25N3. The van der Waals surface area contributed by atoms with Gasteiger partial charge in [-0.3, -0.25) is 4.68 Å². The molecule has 1 N–H and O–H groups in total. The van der Waals surface area contributed by atoms with Crippen LogP contribution in [0.25, 0.3) is 10.9 Å². The van der Waals surface area contributed by atoms with Gasteiger partial charge in [0.1, 0.15) is 0 Å². The second-order valence-corrected chi connectivity index (χ2v) is 6.43. The first-order valence-electron chi connectivity index (χ1n) is 7.79. The molecule has 3 nitrogen and oxygen atoms in total. The molecule has 1 fully saturated rings. The lowest BCUT2D eigenvalue weighted by molar-refractivity contribution is 0.361. The average Bonchev–Trinajstić information content (AvgIpc) is 3.23. The quantitative estimate of drug-likeness (QED) is 0.874. The lowest BCUT2D eigenvalue weighted by Gasteiger charge is -2.19. The molecular weight excluding hydrogens is 246 g/mol. The van der Waals surface area contributed by atoms with Crippen molar-refractivity contribution in [2.45, 2.75) is 39.2 Å². The van der Waals surface area contributed by atoms with E-state index in [0.717, 1.165) is 19.0 Å². The van der Waals surface area contributed by atoms with E-state index in [1.54, 1.807) is 0 Å². The molecule has 3 rings (SSSR count). The van der Waals surface area contributed by atoms with Crippen molar-refractivity contribution >= 4 is 10.9 Å². The van der Waals surface area contributed by atoms with Crippen LogP contribution in [0.15, 0.2) is 24.3 Å². The van der Waals surface area contributed by atoms with Crippen molar-refractivity contribution in [3.63, 3.8) is 0 Å². The summed E-state index contributed by atoms with van der Waals surface area (Å²) in [4.78, 5) is 0. The standard InChI is InChI=1S/C17H25N3/c1-12(13(2)11-18-14-8-9-14)10-16-15-6-4-5-7-17(15)20(3)19-16/h4-7,12-14,18H,8-11H2,1-3H3. The Balaban J connectivity index is 1.68. The van der Waals surface area contributed by atoms with Gasteiger partial charge in [-0.2, -0.15) is 5.10 Å². The van der Waals surface area contributed by atoms with E-state index in [0.29, 0.717) is 11.8 Å². The number of aryl methyl sites for hydroxylation is 1. The molecule has 0 aliphatic heterocycles. The number of hydrogen-bond acceptors (Lipinski definition) is 2. The molecule has 2 atom stereocenters. The first-order chi connectivity index (χ1) is 9.65. The van der Waals surface area contributed by atoms with Gasteiger partial charge in [-0.05, 0) is 43.7 Å². The molecule has 108 valence electrons. The largest absolute Gasteiger partial charge is 0.314 e. The molecule has 0 saturated heterocycles. The predicted octanol–water partition coefficient (Wildman–Crippen LogP) is 3.14. The highest BCUT2D eigenvalue weighted by atomic mass is 15.3. The predicted molar refractivity (Wildman–Crippen MR) is 83.8 cm³/mol. The van der Waals surface area contributed by atoms with E-state index in [9.17, 15) is 0 Å². The van der Waals surface area contributed by atoms with Crippen LogP contribution in [-0.2, 0) is 13.5 Å². The van der Waals surface area contributed by atoms with E-state index in [1.807, 2.05) is 11.7 Å². The monoisotopic (exact) mass is 271 g/mol. The van der Waals surface area contributed by atoms with E-state index < -0.39 is 0 Å². The summed E-state index contributed by atoms with van der Waals surface area (Å²) >= 11 is 0. The van der Waals surface area contributed by atoms with Gasteiger partial charge in [0.25, 0.3) is 0 Å². The van der Waals surface area contributed by atoms with Gasteiger partial charge in [-0.1, -0.05) is 32.0 Å². The molecule has 3 heteroatoms. The second-order valence-electron chi connectivity index (χ2n) is 6.43. The van der Waals surface area contributed by atoms with E-state index >= 15 is 0 Å². The van der Waals surface area contributed by atoms with E-state index in [4.69, 9.17) is 5.10 Å². The van der Waals surface area contributed by atoms with Gasteiger partial charge in [-0.25, -0.2) is 0 Å². The van der Waals surface area contributed by atoms with E-state index in [2.05, 4.69) is 43.4 Å². The molecule has 2 aromatic rings. The van der Waals surface area contributed by atoms with Crippen LogP contribution in [0.3, 0.4) is 0 Å². The molecule has 1 aromatic carbocycles. The fraction of sp³-hybridized carbons (Fsp3) is 0.588. The molecule has 1 saturated carbocycles. The fourth-order valence-corrected chi connectivity index (χ4v) is 2.79. The van der Waals surface area contributed by atoms with Gasteiger partial charge in [0.2, 0.25) is 0 Å². The minimum Gasteiger partial charge on any atom is -0.314 e. The molecule has 0 bridgehead atoms. The minimum atomic E-state index is 0.652. The maximum Gasteiger partial charge on any atom is 0.0706 e. The summed E-state index contributed by atoms with van der Waals surface area (Å²) in [5.74, 6) is 1.34. The molecule has 0 radical (unpaired) electrons. The highest BCUT2D eigenvalue weighted by Crippen LogP contribution is 2.24. The first-order valence-corrected chi connectivity index (χ1v) is 7.79. The van der Waals surface area contributed by atoms with Gasteiger partial charge in [0, 0.05) is 18.5 Å². The van der Waals surface area contributed by atoms with Crippen LogP contribution in [0.1, 0.15) is 32.4 Å². The summed E-state index contributed by atoms with van der Waals surface area (Å²) in [7, 11) is 2.04. The van der Waals surface area contributed by atoms with Crippen molar-refractivity contribution in [1.29, 1.82) is 0 Å². The smallest absolute Gasteiger partial charge is 0.0706 e. The highest BCUT2D eigenvalue weighted by Gasteiger charge is 2.23. The van der Waals surface area contributed by atoms with Crippen LogP contribution >= 0.6 is 0 Å². The van der Waals surface area contributed by atoms with E-state index in [-0.39, 0.29) is 0 Å². The number of para-hydroxylation sites is 1. The first kappa shape index (κ1) is 13.6. The summed E-state index contributed by atoms with van der Waals surface area (Å²) in [6.07, 6.45) is 3.80. The van der Waals surface area contributed by atoms with Crippen LogP contribution < -0.4 is 5.32 Å². The van der Waals surface area contributed by atoms with Gasteiger partial charge in [-0.15, -0.1) is 0 Å². The molecule has 1 heterocycles. The van der Waals surface area contributed by atoms with E-state index in [1.165, 1.54) is 29.4 Å². The van der Waals surface area contributed by atoms with Crippen molar-refractivity contribution in [2.24, 2.45) is 18.9 Å². The van der Waals surface area contributed by atoms with Crippen LogP contribution in [0.4, 0.5) is 0 Å². The Bertz CT molecular complexity index is 583. The maximum absolute atomic E-state index is 4.72. The lowest BCUT2D eigenvalue weighted by Crippen LogP contribution is -2.27. The van der Waals surface area contributed by atoms with Crippen molar-refractivity contribution in [2.75, 3.05) is 6.54 Å². The summed E-state index contributed by atoms with van der Waals surface area (Å²) in [5.41, 5.74) is 2.48. The van der Waals surface area contributed by atoms with Gasteiger partial charge >= 0.3 is 0 Å². The topological polar surface area (TPSA) is 29.9 Å². The number of rotatable bonds is 6. The Kier molecular flexibility index (Phi) is 3.79. The van der Waals surface area contributed by atoms with Gasteiger partial charge in [0.05, 0.1) is 11.2 Å². The van der Waals surface area contributed by atoms with Gasteiger partial charge in [0.15, 0.2) is 0 Å². The minimum absolute atomic E-state index is 0.652. The third kappa shape index (κ3) is 2.88. The number of hydrogen-bond donors (Lipinski definition) is 1. The Hall–Kier alpha value is -1.35. The number of benzene rings is 1. The van der Waals surface area contributed by atoms with Crippen LogP contribution in [0.2, 0.25) is 0 Å². The second kappa shape index (κ2) is 5.57. The lowest BCUT2D eigenvalue weighted by atomic mass is 9.90. The number of nitrogens with one attached hydrogen (secondary N) is 1. The zero-order valence-corrected chi connectivity index (χ0v) is 12.8. The average molecular weight is 271 g/mol. The van der Waals surface area contributed by atoms with Crippen LogP contribution in [0.5, 0.6) is 0 Å². The molecule has 2 unspecified atom stereocenters. The van der Waals surface area contributed by atoms with Crippen molar-refractivity contribution in [1.82, 2.24) is 15.1 Å². The number of nitrogens with zero attached hydrogens (tertiary/aromatic N) is 2. The number of aromatic nitrogens is 2. The highest BCUT2D eigenvalue weighted by molar-refractivity contribution is 5.81. The summed E-state index contributed by atoms with van der Waals surface area (Å²) in [6.45, 7) is 5.84. The zero-order valence-electron chi connectivity index (χ0n) is 12.8. The zero-order chi connectivity index (χ0) is 14.1. The third-order valence-electron chi connectivity index (χ3n) is 4.63. The van der Waals surface area contributed by atoms with Gasteiger partial charge < -0.3 is 5.32 Å². The SMILES string of the molecule is CC(CNC1CC1)C(C)Cc1nn(C)c2ccccc12. The fourth-order valence-electron chi connectivity index (χ4n) is 2.79. The van der Waals surface area contributed by atoms with Crippen LogP contribution in [-0.4, -0.2) is 22.4 Å². The molecule has 0 amide bonds. The molecule has 1 aromatic heterocycles. The third-order valence-corrected chi connectivity index (χ3v) is 4.63. The molecule has 1 aliphatic rings. The summed E-state index contributed by atoms with van der Waals surface area (Å²) in [6, 6.07) is 9.34. The Morgan fingerprint density at radius 3 is 2.75 bits per heavy atom. The summed E-state index contributed by atoms with van der Waals surface area (Å²) < 4.78 is 2.00. The number of fused-ring (bicyclic) bond motifs is 1. The van der Waals surface area contributed by atoms with Crippen molar-refractivity contribution in [3.05, 3.63) is 30.0 Å². The Morgan fingerprint density at radius 1 is 1.25 bits per heavy atom. The Morgan fingerprint density at radius 2 is 2.00 bits per heavy atom. The van der Waals surface area contributed by atoms with Crippen LogP contribution in [0, 0.1) is 11.8 Å². The normalized spacial score (nSPS) is 18.4. The van der Waals surface area contributed by atoms with Crippen molar-refractivity contribution in [3.8, 4) is 0 Å². The molecule has 20 heavy (non-hydrogen) atoms. The molecule has 0 spiro atoms. The summed E-state index contributed by atoms with van der Waals surface area (Å²) in [5, 5.41) is 9.67. The molecule has 1 aliphatic carbocycles.